The number of methoxy groups -OCH3 is 1. The van der Waals surface area contributed by atoms with E-state index < -0.39 is 9.84 Å². The summed E-state index contributed by atoms with van der Waals surface area (Å²) < 4.78 is 31.3. The molecule has 0 aliphatic carbocycles. The monoisotopic (exact) mass is 569 g/mol. The van der Waals surface area contributed by atoms with Crippen LogP contribution < -0.4 is 9.64 Å². The molecule has 5 aromatic heterocycles. The summed E-state index contributed by atoms with van der Waals surface area (Å²) in [6, 6.07) is 13.7. The maximum Gasteiger partial charge on any atom is 0.156 e. The number of ether oxygens (including phenoxy) is 1. The summed E-state index contributed by atoms with van der Waals surface area (Å²) in [4.78, 5) is 21.0. The van der Waals surface area contributed by atoms with Gasteiger partial charge in [0.1, 0.15) is 15.6 Å². The molecule has 1 aliphatic heterocycles. The van der Waals surface area contributed by atoms with Crippen molar-refractivity contribution in [3.8, 4) is 34.2 Å². The van der Waals surface area contributed by atoms with E-state index in [9.17, 15) is 8.42 Å². The third-order valence-electron chi connectivity index (χ3n) is 7.65. The van der Waals surface area contributed by atoms with E-state index in [0.717, 1.165) is 44.9 Å². The molecule has 1 fully saturated rings. The first kappa shape index (κ1) is 26.8. The van der Waals surface area contributed by atoms with Crippen LogP contribution in [-0.4, -0.2) is 69.8 Å². The molecule has 0 bridgehead atoms. The molecule has 210 valence electrons. The van der Waals surface area contributed by atoms with E-state index in [2.05, 4.69) is 16.8 Å². The normalized spacial score (nSPS) is 17.0. The molecule has 6 heterocycles. The van der Waals surface area contributed by atoms with Gasteiger partial charge >= 0.3 is 0 Å². The van der Waals surface area contributed by atoms with Crippen LogP contribution in [0.1, 0.15) is 18.3 Å². The number of anilines is 1. The van der Waals surface area contributed by atoms with Crippen LogP contribution >= 0.6 is 0 Å². The molecule has 10 nitrogen and oxygen atoms in total. The molecule has 0 radical (unpaired) electrons. The fourth-order valence-electron chi connectivity index (χ4n) is 5.45. The second-order valence-corrected chi connectivity index (χ2v) is 12.8. The van der Waals surface area contributed by atoms with E-state index in [4.69, 9.17) is 24.8 Å². The molecular formula is C30H31N7O3S. The summed E-state index contributed by atoms with van der Waals surface area (Å²) in [5, 5.41) is 5.64. The molecule has 0 aromatic carbocycles. The minimum absolute atomic E-state index is 0.0590. The first-order valence-corrected chi connectivity index (χ1v) is 15.4. The Morgan fingerprint density at radius 2 is 1.83 bits per heavy atom. The highest BCUT2D eigenvalue weighted by Crippen LogP contribution is 2.36. The zero-order valence-corrected chi connectivity index (χ0v) is 24.4. The second kappa shape index (κ2) is 10.2. The number of hydrogen-bond acceptors (Lipinski definition) is 9. The van der Waals surface area contributed by atoms with Crippen molar-refractivity contribution in [3.05, 3.63) is 72.4 Å². The zero-order valence-electron chi connectivity index (χ0n) is 23.6. The second-order valence-electron chi connectivity index (χ2n) is 10.6. The molecule has 0 amide bonds. The molecule has 0 N–H and O–H groups in total. The van der Waals surface area contributed by atoms with Gasteiger partial charge in [0.15, 0.2) is 5.82 Å². The van der Waals surface area contributed by atoms with Gasteiger partial charge < -0.3 is 9.64 Å². The SMILES string of the molecule is COc1ccncc1-c1cc2c(cnn2-c2cc(N3C[C@H](CS(C)(=O)=O)[C@H]3C)cc(-c3cccc(C)n3)n2)c(C)n1. The van der Waals surface area contributed by atoms with Gasteiger partial charge in [-0.15, -0.1) is 0 Å². The van der Waals surface area contributed by atoms with Crippen LogP contribution in [0.2, 0.25) is 0 Å². The Morgan fingerprint density at radius 3 is 2.56 bits per heavy atom. The van der Waals surface area contributed by atoms with Gasteiger partial charge in [-0.25, -0.2) is 18.1 Å². The van der Waals surface area contributed by atoms with Crippen molar-refractivity contribution < 1.29 is 13.2 Å². The quantitative estimate of drug-likeness (QED) is 0.281. The van der Waals surface area contributed by atoms with Crippen molar-refractivity contribution in [3.63, 3.8) is 0 Å². The average Bonchev–Trinajstić information content (AvgIpc) is 3.39. The van der Waals surface area contributed by atoms with E-state index in [-0.39, 0.29) is 17.7 Å². The third-order valence-corrected chi connectivity index (χ3v) is 8.69. The van der Waals surface area contributed by atoms with Crippen LogP contribution in [-0.2, 0) is 9.84 Å². The average molecular weight is 570 g/mol. The maximum absolute atomic E-state index is 12.0. The topological polar surface area (TPSA) is 116 Å². The van der Waals surface area contributed by atoms with E-state index in [1.165, 1.54) is 6.26 Å². The standard InChI is InChI=1S/C30H31N7O3S/c1-18-7-6-8-25(33-18)27-11-22(36-16-21(20(36)3)17-41(5,38)39)12-30(35-27)37-28-13-26(34-19(2)23(28)15-32-37)24-14-31-10-9-29(24)40-4/h6-15,20-21H,16-17H2,1-5H3/t20-,21-/m1/s1. The Kier molecular flexibility index (Phi) is 6.69. The molecule has 2 atom stereocenters. The van der Waals surface area contributed by atoms with Gasteiger partial charge in [-0.3, -0.25) is 15.0 Å². The van der Waals surface area contributed by atoms with Crippen LogP contribution in [0.3, 0.4) is 0 Å². The van der Waals surface area contributed by atoms with Crippen LogP contribution in [0.15, 0.2) is 61.1 Å². The predicted octanol–water partition coefficient (Wildman–Crippen LogP) is 4.43. The van der Waals surface area contributed by atoms with Gasteiger partial charge in [-0.05, 0) is 51.1 Å². The Hall–Kier alpha value is -4.38. The first-order chi connectivity index (χ1) is 19.6. The number of rotatable bonds is 7. The lowest BCUT2D eigenvalue weighted by Crippen LogP contribution is -2.57. The van der Waals surface area contributed by atoms with Crippen molar-refractivity contribution in [2.24, 2.45) is 5.92 Å². The van der Waals surface area contributed by atoms with Gasteiger partial charge in [-0.1, -0.05) is 6.07 Å². The number of hydrogen-bond donors (Lipinski definition) is 0. The largest absolute Gasteiger partial charge is 0.496 e. The van der Waals surface area contributed by atoms with Gasteiger partial charge in [-0.2, -0.15) is 5.10 Å². The third kappa shape index (κ3) is 5.13. The van der Waals surface area contributed by atoms with Gasteiger partial charge in [0.2, 0.25) is 0 Å². The number of nitrogens with zero attached hydrogens (tertiary/aromatic N) is 7. The molecular weight excluding hydrogens is 538 g/mol. The Bertz CT molecular complexity index is 1890. The van der Waals surface area contributed by atoms with Crippen LogP contribution in [0.5, 0.6) is 5.75 Å². The number of fused-ring (bicyclic) bond motifs is 1. The molecule has 0 unspecified atom stereocenters. The van der Waals surface area contributed by atoms with E-state index >= 15 is 0 Å². The summed E-state index contributed by atoms with van der Waals surface area (Å²) in [6.07, 6.45) is 6.52. The molecule has 11 heteroatoms. The first-order valence-electron chi connectivity index (χ1n) is 13.4. The van der Waals surface area contributed by atoms with Crippen molar-refractivity contribution in [1.82, 2.24) is 29.7 Å². The lowest BCUT2D eigenvalue weighted by molar-refractivity contribution is 0.341. The number of sulfone groups is 1. The van der Waals surface area contributed by atoms with Crippen LogP contribution in [0, 0.1) is 19.8 Å². The Balaban J connectivity index is 1.49. The van der Waals surface area contributed by atoms with Gasteiger partial charge in [0.25, 0.3) is 0 Å². The minimum atomic E-state index is -3.07. The Labute approximate surface area is 239 Å². The number of aromatic nitrogens is 6. The molecule has 41 heavy (non-hydrogen) atoms. The summed E-state index contributed by atoms with van der Waals surface area (Å²) in [5.41, 5.74) is 6.47. The summed E-state index contributed by atoms with van der Waals surface area (Å²) in [6.45, 7) is 6.62. The van der Waals surface area contributed by atoms with Crippen molar-refractivity contribution in [2.45, 2.75) is 26.8 Å². The predicted molar refractivity (Wildman–Crippen MR) is 159 cm³/mol. The summed E-state index contributed by atoms with van der Waals surface area (Å²) in [7, 11) is -1.44. The molecule has 1 aliphatic rings. The van der Waals surface area contributed by atoms with E-state index in [0.29, 0.717) is 23.8 Å². The lowest BCUT2D eigenvalue weighted by atomic mass is 9.91. The van der Waals surface area contributed by atoms with E-state index in [1.807, 2.05) is 61.0 Å². The van der Waals surface area contributed by atoms with Crippen LogP contribution in [0.4, 0.5) is 5.69 Å². The zero-order chi connectivity index (χ0) is 28.9. The number of pyridine rings is 4. The minimum Gasteiger partial charge on any atom is -0.496 e. The molecule has 0 spiro atoms. The van der Waals surface area contributed by atoms with Gasteiger partial charge in [0, 0.05) is 65.7 Å². The summed E-state index contributed by atoms with van der Waals surface area (Å²) in [5.74, 6) is 1.55. The van der Waals surface area contributed by atoms with Gasteiger partial charge in [0.05, 0.1) is 47.2 Å². The fraction of sp³-hybridized carbons (Fsp3) is 0.300. The highest BCUT2D eigenvalue weighted by atomic mass is 32.2. The highest BCUT2D eigenvalue weighted by molar-refractivity contribution is 7.90. The summed E-state index contributed by atoms with van der Waals surface area (Å²) >= 11 is 0. The molecule has 5 aromatic rings. The van der Waals surface area contributed by atoms with Crippen LogP contribution in [0.25, 0.3) is 39.4 Å². The fourth-order valence-corrected chi connectivity index (χ4v) is 6.62. The molecule has 0 saturated carbocycles. The molecule has 6 rings (SSSR count). The maximum atomic E-state index is 12.0. The smallest absolute Gasteiger partial charge is 0.156 e. The molecule has 1 saturated heterocycles. The number of aryl methyl sites for hydroxylation is 2. The van der Waals surface area contributed by atoms with E-state index in [1.54, 1.807) is 25.7 Å². The lowest BCUT2D eigenvalue weighted by Gasteiger charge is -2.48. The van der Waals surface area contributed by atoms with Crippen molar-refractivity contribution >= 4 is 26.4 Å². The van der Waals surface area contributed by atoms with Crippen molar-refractivity contribution in [2.75, 3.05) is 30.6 Å². The Morgan fingerprint density at radius 1 is 1.00 bits per heavy atom. The highest BCUT2D eigenvalue weighted by Gasteiger charge is 2.38. The van der Waals surface area contributed by atoms with Crippen molar-refractivity contribution in [1.29, 1.82) is 0 Å².